The lowest BCUT2D eigenvalue weighted by atomic mass is 9.95. The number of imidazole rings is 1. The maximum atomic E-state index is 5.88. The molecule has 0 aliphatic carbocycles. The molecule has 2 aromatic rings. The largest absolute Gasteiger partial charge is 0.345 e. The van der Waals surface area contributed by atoms with E-state index in [2.05, 4.69) is 56.9 Å². The molecule has 1 atom stereocenters. The molecule has 0 radical (unpaired) electrons. The first-order valence-corrected chi connectivity index (χ1v) is 7.42. The van der Waals surface area contributed by atoms with Gasteiger partial charge in [0.2, 0.25) is 0 Å². The van der Waals surface area contributed by atoms with Gasteiger partial charge in [-0.3, -0.25) is 0 Å². The van der Waals surface area contributed by atoms with Crippen molar-refractivity contribution in [3.63, 3.8) is 0 Å². The van der Waals surface area contributed by atoms with Crippen molar-refractivity contribution in [2.24, 2.45) is 11.7 Å². The molecule has 3 N–H and O–H groups in total. The Hall–Kier alpha value is -1.61. The van der Waals surface area contributed by atoms with Gasteiger partial charge in [-0.15, -0.1) is 0 Å². The molecule has 1 aromatic carbocycles. The second kappa shape index (κ2) is 6.23. The fourth-order valence-corrected chi connectivity index (χ4v) is 2.54. The summed E-state index contributed by atoms with van der Waals surface area (Å²) in [6.45, 7) is 9.24. The Balaban J connectivity index is 2.35. The van der Waals surface area contributed by atoms with Crippen LogP contribution in [-0.4, -0.2) is 16.5 Å². The molecule has 1 heterocycles. The third kappa shape index (κ3) is 2.93. The van der Waals surface area contributed by atoms with E-state index in [4.69, 9.17) is 10.7 Å². The minimum absolute atomic E-state index is 0.289. The van der Waals surface area contributed by atoms with Crippen LogP contribution in [0.4, 0.5) is 0 Å². The number of nitrogens with zero attached hydrogens (tertiary/aromatic N) is 1. The van der Waals surface area contributed by atoms with Gasteiger partial charge in [-0.05, 0) is 24.8 Å². The molecule has 1 unspecified atom stereocenters. The zero-order chi connectivity index (χ0) is 14.7. The highest BCUT2D eigenvalue weighted by Crippen LogP contribution is 2.27. The molecule has 2 rings (SSSR count). The zero-order valence-corrected chi connectivity index (χ0v) is 12.9. The van der Waals surface area contributed by atoms with Crippen LogP contribution in [0.15, 0.2) is 24.3 Å². The Morgan fingerprint density at radius 3 is 2.35 bits per heavy atom. The summed E-state index contributed by atoms with van der Waals surface area (Å²) in [5, 5.41) is 0. The van der Waals surface area contributed by atoms with Crippen LogP contribution >= 0.6 is 0 Å². The fourth-order valence-electron chi connectivity index (χ4n) is 2.54. The third-order valence-electron chi connectivity index (χ3n) is 3.95. The standard InChI is InChI=1S/C17H25N3/c1-5-13-6-8-14(9-7-13)16-12(4)19-17(20-16)15(10-18)11(2)3/h6-9,11,15H,5,10,18H2,1-4H3,(H,19,20). The Kier molecular flexibility index (Phi) is 4.61. The SMILES string of the molecule is CCc1ccc(-c2nc(C(CN)C(C)C)[nH]c2C)cc1. The molecule has 3 heteroatoms. The van der Waals surface area contributed by atoms with Crippen LogP contribution in [0.25, 0.3) is 11.3 Å². The first-order valence-electron chi connectivity index (χ1n) is 7.42. The Labute approximate surface area is 121 Å². The molecule has 1 aromatic heterocycles. The fraction of sp³-hybridized carbons (Fsp3) is 0.471. The summed E-state index contributed by atoms with van der Waals surface area (Å²) in [4.78, 5) is 8.21. The van der Waals surface area contributed by atoms with E-state index >= 15 is 0 Å². The molecule has 0 aliphatic rings. The van der Waals surface area contributed by atoms with Gasteiger partial charge in [0.25, 0.3) is 0 Å². The Morgan fingerprint density at radius 2 is 1.85 bits per heavy atom. The van der Waals surface area contributed by atoms with E-state index in [0.29, 0.717) is 12.5 Å². The lowest BCUT2D eigenvalue weighted by Gasteiger charge is -2.15. The molecule has 3 nitrogen and oxygen atoms in total. The number of nitrogens with two attached hydrogens (primary N) is 1. The summed E-state index contributed by atoms with van der Waals surface area (Å²) in [6.07, 6.45) is 1.06. The zero-order valence-electron chi connectivity index (χ0n) is 12.9. The van der Waals surface area contributed by atoms with Gasteiger partial charge in [0.1, 0.15) is 5.82 Å². The summed E-state index contributed by atoms with van der Waals surface area (Å²) < 4.78 is 0. The lowest BCUT2D eigenvalue weighted by molar-refractivity contribution is 0.487. The van der Waals surface area contributed by atoms with E-state index in [-0.39, 0.29) is 5.92 Å². The van der Waals surface area contributed by atoms with Crippen molar-refractivity contribution in [2.75, 3.05) is 6.54 Å². The van der Waals surface area contributed by atoms with E-state index in [1.54, 1.807) is 0 Å². The van der Waals surface area contributed by atoms with E-state index in [1.165, 1.54) is 11.1 Å². The van der Waals surface area contributed by atoms with Crippen LogP contribution in [0.5, 0.6) is 0 Å². The molecule has 0 spiro atoms. The summed E-state index contributed by atoms with van der Waals surface area (Å²) in [5.41, 5.74) is 10.6. The summed E-state index contributed by atoms with van der Waals surface area (Å²) in [7, 11) is 0. The number of aryl methyl sites for hydroxylation is 2. The molecule has 0 aliphatic heterocycles. The van der Waals surface area contributed by atoms with Crippen molar-refractivity contribution < 1.29 is 0 Å². The predicted molar refractivity (Wildman–Crippen MR) is 84.8 cm³/mol. The van der Waals surface area contributed by atoms with Crippen LogP contribution < -0.4 is 5.73 Å². The molecule has 0 fully saturated rings. The van der Waals surface area contributed by atoms with Crippen molar-refractivity contribution >= 4 is 0 Å². The average Bonchev–Trinajstić information content (AvgIpc) is 2.81. The van der Waals surface area contributed by atoms with Crippen LogP contribution in [0, 0.1) is 12.8 Å². The minimum Gasteiger partial charge on any atom is -0.345 e. The highest BCUT2D eigenvalue weighted by molar-refractivity contribution is 5.62. The Bertz CT molecular complexity index is 552. The number of hydrogen-bond donors (Lipinski definition) is 2. The predicted octanol–water partition coefficient (Wildman–Crippen LogP) is 3.65. The second-order valence-corrected chi connectivity index (χ2v) is 5.73. The summed E-state index contributed by atoms with van der Waals surface area (Å²) >= 11 is 0. The van der Waals surface area contributed by atoms with Crippen LogP contribution in [0.3, 0.4) is 0 Å². The van der Waals surface area contributed by atoms with Crippen LogP contribution in [0.2, 0.25) is 0 Å². The number of H-pyrrole nitrogens is 1. The molecular formula is C17H25N3. The highest BCUT2D eigenvalue weighted by Gasteiger charge is 2.19. The third-order valence-corrected chi connectivity index (χ3v) is 3.95. The Morgan fingerprint density at radius 1 is 1.20 bits per heavy atom. The smallest absolute Gasteiger partial charge is 0.111 e. The van der Waals surface area contributed by atoms with Gasteiger partial charge in [0.05, 0.1) is 5.69 Å². The van der Waals surface area contributed by atoms with Crippen molar-refractivity contribution in [1.82, 2.24) is 9.97 Å². The topological polar surface area (TPSA) is 54.7 Å². The van der Waals surface area contributed by atoms with E-state index < -0.39 is 0 Å². The summed E-state index contributed by atoms with van der Waals surface area (Å²) in [5.74, 6) is 1.79. The van der Waals surface area contributed by atoms with Gasteiger partial charge in [0.15, 0.2) is 0 Å². The maximum absolute atomic E-state index is 5.88. The number of rotatable bonds is 5. The van der Waals surface area contributed by atoms with Gasteiger partial charge in [-0.25, -0.2) is 4.98 Å². The average molecular weight is 271 g/mol. The molecule has 0 saturated carbocycles. The molecule has 0 saturated heterocycles. The molecular weight excluding hydrogens is 246 g/mol. The van der Waals surface area contributed by atoms with E-state index in [9.17, 15) is 0 Å². The van der Waals surface area contributed by atoms with Crippen LogP contribution in [0.1, 0.15) is 43.8 Å². The summed E-state index contributed by atoms with van der Waals surface area (Å²) in [6, 6.07) is 8.65. The molecule has 20 heavy (non-hydrogen) atoms. The van der Waals surface area contributed by atoms with Crippen molar-refractivity contribution in [1.29, 1.82) is 0 Å². The maximum Gasteiger partial charge on any atom is 0.111 e. The first kappa shape index (κ1) is 14.8. The van der Waals surface area contributed by atoms with Gasteiger partial charge in [-0.1, -0.05) is 45.0 Å². The first-order chi connectivity index (χ1) is 9.56. The number of hydrogen-bond acceptors (Lipinski definition) is 2. The highest BCUT2D eigenvalue weighted by atomic mass is 14.9. The number of aromatic nitrogens is 2. The normalized spacial score (nSPS) is 12.9. The number of aromatic amines is 1. The van der Waals surface area contributed by atoms with Crippen molar-refractivity contribution in [2.45, 2.75) is 40.0 Å². The molecule has 0 bridgehead atoms. The van der Waals surface area contributed by atoms with Crippen molar-refractivity contribution in [3.8, 4) is 11.3 Å². The van der Waals surface area contributed by atoms with Gasteiger partial charge in [-0.2, -0.15) is 0 Å². The van der Waals surface area contributed by atoms with Crippen molar-refractivity contribution in [3.05, 3.63) is 41.3 Å². The van der Waals surface area contributed by atoms with Gasteiger partial charge < -0.3 is 10.7 Å². The van der Waals surface area contributed by atoms with Gasteiger partial charge in [0, 0.05) is 23.7 Å². The second-order valence-electron chi connectivity index (χ2n) is 5.73. The van der Waals surface area contributed by atoms with E-state index in [0.717, 1.165) is 23.6 Å². The molecule has 0 amide bonds. The van der Waals surface area contributed by atoms with E-state index in [1.807, 2.05) is 0 Å². The number of benzene rings is 1. The monoisotopic (exact) mass is 271 g/mol. The van der Waals surface area contributed by atoms with Crippen LogP contribution in [-0.2, 0) is 6.42 Å². The number of nitrogens with one attached hydrogen (secondary N) is 1. The minimum atomic E-state index is 0.289. The quantitative estimate of drug-likeness (QED) is 0.872. The molecule has 108 valence electrons. The lowest BCUT2D eigenvalue weighted by Crippen LogP contribution is -2.19. The van der Waals surface area contributed by atoms with Gasteiger partial charge >= 0.3 is 0 Å².